The Morgan fingerprint density at radius 2 is 2.19 bits per heavy atom. The average molecular weight is 229 g/mol. The predicted octanol–water partition coefficient (Wildman–Crippen LogP) is 1.35. The van der Waals surface area contributed by atoms with Crippen LogP contribution in [0.2, 0.25) is 0 Å². The van der Waals surface area contributed by atoms with Crippen molar-refractivity contribution in [2.24, 2.45) is 0 Å². The topological polar surface area (TPSA) is 49.3 Å². The smallest absolute Gasteiger partial charge is 0.265 e. The first kappa shape index (κ1) is 12.6. The molecule has 0 aliphatic carbocycles. The number of carbonyl (C=O) groups excluding carboxylic acids is 1. The van der Waals surface area contributed by atoms with Crippen LogP contribution in [0.4, 0.5) is 8.78 Å². The molecule has 0 aliphatic rings. The summed E-state index contributed by atoms with van der Waals surface area (Å²) in [6, 6.07) is 6.75. The molecule has 0 saturated heterocycles. The molecule has 1 aromatic rings. The third-order valence-electron chi connectivity index (χ3n) is 2.04. The molecular formula is C11H13F2NO2. The van der Waals surface area contributed by atoms with Crippen LogP contribution in [-0.4, -0.2) is 30.1 Å². The molecule has 0 aliphatic heterocycles. The maximum atomic E-state index is 11.9. The third-order valence-corrected chi connectivity index (χ3v) is 2.04. The van der Waals surface area contributed by atoms with Gasteiger partial charge in [0.2, 0.25) is 0 Å². The standard InChI is InChI=1S/C11H13F2NO2/c1-7-3-2-4-8(5-7)11(16)14-6-9(15)10(12)13/h2-5,9-10,15H,6H2,1H3,(H,14,16). The highest BCUT2D eigenvalue weighted by atomic mass is 19.3. The Morgan fingerprint density at radius 3 is 2.75 bits per heavy atom. The molecule has 1 unspecified atom stereocenters. The average Bonchev–Trinajstić information content (AvgIpc) is 2.25. The predicted molar refractivity (Wildman–Crippen MR) is 55.5 cm³/mol. The Bertz CT molecular complexity index is 369. The van der Waals surface area contributed by atoms with Crippen molar-refractivity contribution in [1.82, 2.24) is 5.32 Å². The number of hydrogen-bond acceptors (Lipinski definition) is 2. The zero-order chi connectivity index (χ0) is 12.1. The van der Waals surface area contributed by atoms with Crippen LogP contribution in [-0.2, 0) is 0 Å². The minimum Gasteiger partial charge on any atom is -0.385 e. The van der Waals surface area contributed by atoms with Gasteiger partial charge in [0, 0.05) is 12.1 Å². The minimum atomic E-state index is -2.85. The van der Waals surface area contributed by atoms with Gasteiger partial charge < -0.3 is 10.4 Å². The van der Waals surface area contributed by atoms with E-state index in [2.05, 4.69) is 5.32 Å². The second-order valence-corrected chi connectivity index (χ2v) is 3.48. The molecule has 0 saturated carbocycles. The zero-order valence-corrected chi connectivity index (χ0v) is 8.78. The Morgan fingerprint density at radius 1 is 1.50 bits per heavy atom. The largest absolute Gasteiger partial charge is 0.385 e. The summed E-state index contributed by atoms with van der Waals surface area (Å²) in [5.41, 5.74) is 1.29. The monoisotopic (exact) mass is 229 g/mol. The zero-order valence-electron chi connectivity index (χ0n) is 8.78. The van der Waals surface area contributed by atoms with Crippen LogP contribution in [0.5, 0.6) is 0 Å². The molecule has 0 radical (unpaired) electrons. The highest BCUT2D eigenvalue weighted by Crippen LogP contribution is 2.04. The molecule has 0 aromatic heterocycles. The Hall–Kier alpha value is -1.49. The molecule has 2 N–H and O–H groups in total. The first-order valence-corrected chi connectivity index (χ1v) is 4.82. The van der Waals surface area contributed by atoms with Gasteiger partial charge in [-0.2, -0.15) is 0 Å². The van der Waals surface area contributed by atoms with Gasteiger partial charge in [0.25, 0.3) is 12.3 Å². The molecule has 1 rings (SSSR count). The molecule has 1 atom stereocenters. The van der Waals surface area contributed by atoms with Crippen LogP contribution in [0.25, 0.3) is 0 Å². The Balaban J connectivity index is 2.53. The molecule has 1 aromatic carbocycles. The molecule has 5 heteroatoms. The third kappa shape index (κ3) is 3.58. The lowest BCUT2D eigenvalue weighted by molar-refractivity contribution is -0.00270. The lowest BCUT2D eigenvalue weighted by Gasteiger charge is -2.10. The summed E-state index contributed by atoms with van der Waals surface area (Å²) in [5, 5.41) is 11.1. The second kappa shape index (κ2) is 5.55. The van der Waals surface area contributed by atoms with E-state index in [1.807, 2.05) is 13.0 Å². The van der Waals surface area contributed by atoms with E-state index >= 15 is 0 Å². The highest BCUT2D eigenvalue weighted by Gasteiger charge is 2.17. The number of benzene rings is 1. The van der Waals surface area contributed by atoms with Crippen molar-refractivity contribution in [2.75, 3.05) is 6.54 Å². The molecule has 0 bridgehead atoms. The maximum absolute atomic E-state index is 11.9. The number of aliphatic hydroxyl groups is 1. The molecule has 0 fully saturated rings. The Kier molecular flexibility index (Phi) is 4.37. The number of halogens is 2. The fraction of sp³-hybridized carbons (Fsp3) is 0.364. The lowest BCUT2D eigenvalue weighted by atomic mass is 10.1. The number of aryl methyl sites for hydroxylation is 1. The Labute approximate surface area is 92.1 Å². The number of carbonyl (C=O) groups is 1. The number of rotatable bonds is 4. The van der Waals surface area contributed by atoms with E-state index in [0.29, 0.717) is 5.56 Å². The van der Waals surface area contributed by atoms with E-state index in [9.17, 15) is 13.6 Å². The molecule has 88 valence electrons. The quantitative estimate of drug-likeness (QED) is 0.818. The van der Waals surface area contributed by atoms with E-state index in [0.717, 1.165) is 5.56 Å². The van der Waals surface area contributed by atoms with Gasteiger partial charge in [-0.05, 0) is 19.1 Å². The van der Waals surface area contributed by atoms with Crippen LogP contribution in [0.15, 0.2) is 24.3 Å². The number of hydrogen-bond donors (Lipinski definition) is 2. The van der Waals surface area contributed by atoms with Gasteiger partial charge in [0.1, 0.15) is 6.10 Å². The summed E-state index contributed by atoms with van der Waals surface area (Å²) in [7, 11) is 0. The van der Waals surface area contributed by atoms with E-state index < -0.39 is 25.0 Å². The van der Waals surface area contributed by atoms with E-state index in [4.69, 9.17) is 5.11 Å². The summed E-state index contributed by atoms with van der Waals surface area (Å²) in [4.78, 5) is 11.5. The summed E-state index contributed by atoms with van der Waals surface area (Å²) in [6.07, 6.45) is -4.67. The maximum Gasteiger partial charge on any atom is 0.265 e. The van der Waals surface area contributed by atoms with Crippen molar-refractivity contribution in [3.05, 3.63) is 35.4 Å². The van der Waals surface area contributed by atoms with E-state index in [1.54, 1.807) is 18.2 Å². The van der Waals surface area contributed by atoms with Gasteiger partial charge in [-0.25, -0.2) is 8.78 Å². The molecule has 16 heavy (non-hydrogen) atoms. The van der Waals surface area contributed by atoms with Crippen molar-refractivity contribution in [3.63, 3.8) is 0 Å². The molecular weight excluding hydrogens is 216 g/mol. The van der Waals surface area contributed by atoms with Gasteiger partial charge in [-0.3, -0.25) is 4.79 Å². The fourth-order valence-electron chi connectivity index (χ4n) is 1.17. The minimum absolute atomic E-state index is 0.390. The van der Waals surface area contributed by atoms with Crippen molar-refractivity contribution in [1.29, 1.82) is 0 Å². The van der Waals surface area contributed by atoms with Crippen molar-refractivity contribution < 1.29 is 18.7 Å². The summed E-state index contributed by atoms with van der Waals surface area (Å²) >= 11 is 0. The SMILES string of the molecule is Cc1cccc(C(=O)NCC(O)C(F)F)c1. The summed E-state index contributed by atoms with van der Waals surface area (Å²) < 4.78 is 23.9. The van der Waals surface area contributed by atoms with Crippen LogP contribution in [0.3, 0.4) is 0 Å². The van der Waals surface area contributed by atoms with Gasteiger partial charge in [0.05, 0.1) is 0 Å². The van der Waals surface area contributed by atoms with E-state index in [-0.39, 0.29) is 0 Å². The van der Waals surface area contributed by atoms with Crippen LogP contribution in [0.1, 0.15) is 15.9 Å². The summed E-state index contributed by atoms with van der Waals surface area (Å²) in [5.74, 6) is -0.469. The van der Waals surface area contributed by atoms with Crippen molar-refractivity contribution in [3.8, 4) is 0 Å². The van der Waals surface area contributed by atoms with Gasteiger partial charge in [-0.1, -0.05) is 17.7 Å². The fourth-order valence-corrected chi connectivity index (χ4v) is 1.17. The number of aliphatic hydroxyl groups excluding tert-OH is 1. The molecule has 1 amide bonds. The van der Waals surface area contributed by atoms with Gasteiger partial charge >= 0.3 is 0 Å². The summed E-state index contributed by atoms with van der Waals surface area (Å²) in [6.45, 7) is 1.37. The molecule has 0 heterocycles. The van der Waals surface area contributed by atoms with Crippen molar-refractivity contribution in [2.45, 2.75) is 19.5 Å². The van der Waals surface area contributed by atoms with Crippen LogP contribution >= 0.6 is 0 Å². The van der Waals surface area contributed by atoms with E-state index in [1.165, 1.54) is 0 Å². The number of alkyl halides is 2. The van der Waals surface area contributed by atoms with Gasteiger partial charge in [-0.15, -0.1) is 0 Å². The molecule has 0 spiro atoms. The van der Waals surface area contributed by atoms with Gasteiger partial charge in [0.15, 0.2) is 0 Å². The van der Waals surface area contributed by atoms with Crippen LogP contribution < -0.4 is 5.32 Å². The second-order valence-electron chi connectivity index (χ2n) is 3.48. The number of nitrogens with one attached hydrogen (secondary N) is 1. The van der Waals surface area contributed by atoms with Crippen LogP contribution in [0, 0.1) is 6.92 Å². The highest BCUT2D eigenvalue weighted by molar-refractivity contribution is 5.94. The first-order valence-electron chi connectivity index (χ1n) is 4.82. The normalized spacial score (nSPS) is 12.6. The number of amides is 1. The lowest BCUT2D eigenvalue weighted by Crippen LogP contribution is -2.35. The first-order chi connectivity index (χ1) is 7.50. The van der Waals surface area contributed by atoms with Crippen molar-refractivity contribution >= 4 is 5.91 Å². The molecule has 3 nitrogen and oxygen atoms in total.